The highest BCUT2D eigenvalue weighted by Crippen LogP contribution is 2.50. The molecule has 0 bridgehead atoms. The molecule has 0 fully saturated rings. The minimum Gasteiger partial charge on any atom is -0.310 e. The largest absolute Gasteiger partial charge is 0.310 e. The number of thiophene rings is 2. The summed E-state index contributed by atoms with van der Waals surface area (Å²) in [5, 5.41) is 14.9. The first-order chi connectivity index (χ1) is 58.5. The molecule has 0 aliphatic rings. The lowest BCUT2D eigenvalue weighted by atomic mass is 9.94. The number of benzene rings is 20. The second-order valence-electron chi connectivity index (χ2n) is 30.3. The third-order valence-electron chi connectivity index (χ3n) is 23.3. The molecule has 0 unspecified atom stereocenters. The summed E-state index contributed by atoms with van der Waals surface area (Å²) in [6, 6.07) is 165. The Morgan fingerprint density at radius 1 is 0.136 bits per heavy atom. The summed E-state index contributed by atoms with van der Waals surface area (Å²) in [7, 11) is 0. The molecule has 0 saturated carbocycles. The Kier molecular flexibility index (Phi) is 17.6. The summed E-state index contributed by atoms with van der Waals surface area (Å²) in [6.07, 6.45) is 0. The van der Waals surface area contributed by atoms with Crippen LogP contribution in [0.5, 0.6) is 0 Å². The average molecular weight is 1540 g/mol. The van der Waals surface area contributed by atoms with Gasteiger partial charge in [0.1, 0.15) is 0 Å². The zero-order chi connectivity index (χ0) is 78.0. The number of nitrogens with zero attached hydrogens (tertiary/aromatic N) is 4. The monoisotopic (exact) mass is 1540 g/mol. The molecule has 22 rings (SSSR count). The van der Waals surface area contributed by atoms with E-state index in [9.17, 15) is 0 Å². The Labute approximate surface area is 693 Å². The van der Waals surface area contributed by atoms with Crippen LogP contribution < -0.4 is 19.6 Å². The van der Waals surface area contributed by atoms with E-state index in [0.29, 0.717) is 0 Å². The van der Waals surface area contributed by atoms with Crippen LogP contribution in [0, 0.1) is 0 Å². The Hall–Kier alpha value is -14.9. The first-order valence-corrected chi connectivity index (χ1v) is 41.9. The molecule has 0 aliphatic heterocycles. The van der Waals surface area contributed by atoms with Gasteiger partial charge in [-0.2, -0.15) is 0 Å². The highest BCUT2D eigenvalue weighted by molar-refractivity contribution is 7.26. The molecule has 0 saturated heterocycles. The summed E-state index contributed by atoms with van der Waals surface area (Å²) < 4.78 is 5.11. The maximum atomic E-state index is 2.41. The minimum atomic E-state index is 1.06. The molecule has 2 aromatic heterocycles. The SMILES string of the molecule is c1ccc(-c2ccc(N(c3ccccc3)c3ccc4c(ccc5sc6ccc7cc(N(c8ccc(-c9ccccc9)cc8)c8ccc(-c9ccccc9-c9cccc(N(c%10ccccc%10)c%10ccc%11c(ccc%12sc%13ccc%14cc(N(c%15ccccc%15)c%15cccc(-c%16ccccc%16)c%15)ccc%14c%13c%12%11)c%10)c9)cc8)ccc7c6c54)c3)cc2)cc1. The molecular formula is C112H74N4S2. The Balaban J connectivity index is 0.594. The molecular weight excluding hydrogens is 1470 g/mol. The Bertz CT molecular complexity index is 7520. The number of hydrogen-bond acceptors (Lipinski definition) is 6. The second kappa shape index (κ2) is 29.8. The average Bonchev–Trinajstić information content (AvgIpc) is 1.57. The van der Waals surface area contributed by atoms with Crippen LogP contribution >= 0.6 is 22.7 Å². The van der Waals surface area contributed by atoms with Crippen LogP contribution in [0.3, 0.4) is 0 Å². The quantitative estimate of drug-likeness (QED) is 0.0901. The van der Waals surface area contributed by atoms with Crippen molar-refractivity contribution in [1.82, 2.24) is 0 Å². The van der Waals surface area contributed by atoms with E-state index >= 15 is 0 Å². The first kappa shape index (κ1) is 69.8. The van der Waals surface area contributed by atoms with Crippen LogP contribution in [-0.2, 0) is 0 Å². The third-order valence-corrected chi connectivity index (χ3v) is 25.6. The zero-order valence-corrected chi connectivity index (χ0v) is 66.0. The van der Waals surface area contributed by atoms with Crippen molar-refractivity contribution < 1.29 is 0 Å². The van der Waals surface area contributed by atoms with Crippen LogP contribution in [-0.4, -0.2) is 0 Å². The van der Waals surface area contributed by atoms with Crippen molar-refractivity contribution in [2.75, 3.05) is 19.6 Å². The zero-order valence-electron chi connectivity index (χ0n) is 64.3. The number of para-hydroxylation sites is 3. The summed E-state index contributed by atoms with van der Waals surface area (Å²) >= 11 is 3.75. The summed E-state index contributed by atoms with van der Waals surface area (Å²) in [5.41, 5.74) is 24.8. The number of anilines is 12. The van der Waals surface area contributed by atoms with Gasteiger partial charge in [0.2, 0.25) is 0 Å². The Morgan fingerprint density at radius 3 is 0.695 bits per heavy atom. The number of hydrogen-bond donors (Lipinski definition) is 0. The van der Waals surface area contributed by atoms with Crippen LogP contribution in [0.15, 0.2) is 449 Å². The van der Waals surface area contributed by atoms with E-state index in [-0.39, 0.29) is 0 Å². The van der Waals surface area contributed by atoms with Gasteiger partial charge in [-0.15, -0.1) is 22.7 Å². The highest BCUT2D eigenvalue weighted by Gasteiger charge is 2.24. The summed E-state index contributed by atoms with van der Waals surface area (Å²) in [6.45, 7) is 0. The van der Waals surface area contributed by atoms with Crippen molar-refractivity contribution in [3.8, 4) is 55.6 Å². The van der Waals surface area contributed by atoms with Crippen molar-refractivity contribution >= 4 is 174 Å². The van der Waals surface area contributed by atoms with E-state index < -0.39 is 0 Å². The van der Waals surface area contributed by atoms with Gasteiger partial charge in [0.25, 0.3) is 0 Å². The lowest BCUT2D eigenvalue weighted by Gasteiger charge is -2.27. The fourth-order valence-corrected chi connectivity index (χ4v) is 20.1. The normalized spacial score (nSPS) is 11.6. The van der Waals surface area contributed by atoms with Crippen LogP contribution in [0.1, 0.15) is 0 Å². The van der Waals surface area contributed by atoms with E-state index in [0.717, 1.165) is 90.5 Å². The van der Waals surface area contributed by atoms with E-state index in [1.165, 1.54) is 117 Å². The van der Waals surface area contributed by atoms with Crippen molar-refractivity contribution in [3.05, 3.63) is 449 Å². The maximum Gasteiger partial charge on any atom is 0.0468 e. The third kappa shape index (κ3) is 12.7. The van der Waals surface area contributed by atoms with Crippen molar-refractivity contribution in [2.45, 2.75) is 0 Å². The van der Waals surface area contributed by atoms with Gasteiger partial charge < -0.3 is 19.6 Å². The molecule has 0 N–H and O–H groups in total. The molecule has 2 heterocycles. The van der Waals surface area contributed by atoms with Gasteiger partial charge in [0, 0.05) is 109 Å². The van der Waals surface area contributed by atoms with Crippen LogP contribution in [0.25, 0.3) is 139 Å². The van der Waals surface area contributed by atoms with Crippen LogP contribution in [0.4, 0.5) is 68.2 Å². The topological polar surface area (TPSA) is 13.0 Å². The number of fused-ring (bicyclic) bond motifs is 14. The molecule has 0 amide bonds. The summed E-state index contributed by atoms with van der Waals surface area (Å²) in [4.78, 5) is 9.57. The van der Waals surface area contributed by atoms with E-state index in [4.69, 9.17) is 0 Å². The van der Waals surface area contributed by atoms with E-state index in [1.807, 2.05) is 22.7 Å². The van der Waals surface area contributed by atoms with Crippen molar-refractivity contribution in [2.24, 2.45) is 0 Å². The van der Waals surface area contributed by atoms with Gasteiger partial charge in [-0.3, -0.25) is 0 Å². The standard InChI is InChI=1S/C112H74N4S2/c1-7-23-75(24-8-1)78-41-51-90(52-42-78)113(87-31-13-4-14-32-87)95-57-61-101-83(71-95)47-65-105-109(101)110-102-62-58-96(72-84(102)48-66-106(110)117-105)114(91-53-43-79(44-54-91)76-25-9-2-10-26-76)92-55-45-80(46-56-92)99-39-19-20-40-100(99)82-30-22-38-94(70-82)116(89-35-17-6-18-36-89)98-60-64-104-86(74-98)50-68-108-112(104)111-103-63-59-97(73-85(103)49-67-107(111)118-108)115(88-33-15-5-16-34-88)93-37-21-29-81(69-93)77-27-11-3-12-28-77/h1-74H. The molecule has 0 spiro atoms. The second-order valence-corrected chi connectivity index (χ2v) is 32.5. The van der Waals surface area contributed by atoms with Crippen molar-refractivity contribution in [1.29, 1.82) is 0 Å². The lowest BCUT2D eigenvalue weighted by Crippen LogP contribution is -2.10. The lowest BCUT2D eigenvalue weighted by molar-refractivity contribution is 1.29. The molecule has 554 valence electrons. The fraction of sp³-hybridized carbons (Fsp3) is 0. The molecule has 0 atom stereocenters. The van der Waals surface area contributed by atoms with Gasteiger partial charge in [-0.05, 0) is 269 Å². The molecule has 22 aromatic rings. The van der Waals surface area contributed by atoms with E-state index in [2.05, 4.69) is 469 Å². The first-order valence-electron chi connectivity index (χ1n) is 40.2. The molecule has 118 heavy (non-hydrogen) atoms. The van der Waals surface area contributed by atoms with Crippen LogP contribution in [0.2, 0.25) is 0 Å². The van der Waals surface area contributed by atoms with E-state index in [1.54, 1.807) is 0 Å². The van der Waals surface area contributed by atoms with Gasteiger partial charge in [-0.25, -0.2) is 0 Å². The van der Waals surface area contributed by atoms with Gasteiger partial charge in [0.05, 0.1) is 0 Å². The Morgan fingerprint density at radius 2 is 0.356 bits per heavy atom. The van der Waals surface area contributed by atoms with Gasteiger partial charge in [0.15, 0.2) is 0 Å². The van der Waals surface area contributed by atoms with Gasteiger partial charge in [-0.1, -0.05) is 279 Å². The predicted molar refractivity (Wildman–Crippen MR) is 508 cm³/mol. The smallest absolute Gasteiger partial charge is 0.0468 e. The predicted octanol–water partition coefficient (Wildman–Crippen LogP) is 33.2. The maximum absolute atomic E-state index is 2.41. The molecule has 0 radical (unpaired) electrons. The molecule has 20 aromatic carbocycles. The molecule has 4 nitrogen and oxygen atoms in total. The molecule has 0 aliphatic carbocycles. The van der Waals surface area contributed by atoms with Crippen molar-refractivity contribution in [3.63, 3.8) is 0 Å². The fourth-order valence-electron chi connectivity index (χ4n) is 17.8. The highest BCUT2D eigenvalue weighted by atomic mass is 32.1. The number of rotatable bonds is 17. The van der Waals surface area contributed by atoms with Gasteiger partial charge >= 0.3 is 0 Å². The molecule has 6 heteroatoms. The minimum absolute atomic E-state index is 1.06. The summed E-state index contributed by atoms with van der Waals surface area (Å²) in [5.74, 6) is 0.